The lowest BCUT2D eigenvalue weighted by molar-refractivity contribution is -0.138. The minimum atomic E-state index is -3.94. The zero-order valence-corrected chi connectivity index (χ0v) is 21.8. The van der Waals surface area contributed by atoms with Gasteiger partial charge in [0.15, 0.2) is 27.1 Å². The molecule has 2 aliphatic rings. The summed E-state index contributed by atoms with van der Waals surface area (Å²) in [7, 11) is -0.877. The van der Waals surface area contributed by atoms with Gasteiger partial charge in [0.1, 0.15) is 10.8 Å². The van der Waals surface area contributed by atoms with E-state index in [0.29, 0.717) is 29.2 Å². The molecule has 0 saturated heterocycles. The van der Waals surface area contributed by atoms with Crippen LogP contribution in [0.2, 0.25) is 0 Å². The van der Waals surface area contributed by atoms with E-state index >= 15 is 0 Å². The van der Waals surface area contributed by atoms with Crippen LogP contribution in [0.25, 0.3) is 0 Å². The van der Waals surface area contributed by atoms with Crippen molar-refractivity contribution in [1.29, 1.82) is 0 Å². The largest absolute Gasteiger partial charge is 0.508 e. The predicted octanol–water partition coefficient (Wildman–Crippen LogP) is 3.32. The molecule has 2 N–H and O–H groups in total. The van der Waals surface area contributed by atoms with Crippen molar-refractivity contribution >= 4 is 21.6 Å². The SMILES string of the molecule is CCOC(=O)C1=C(S(C)(=O)=O)NC2=C(C(=O)CC(c3ccc(OC)c(OC)c3)C2)C1c1cccc(O)c1. The number of rotatable bonds is 7. The second kappa shape index (κ2) is 10.3. The van der Waals surface area contributed by atoms with E-state index in [1.165, 1.54) is 26.4 Å². The minimum absolute atomic E-state index is 0.0212. The number of Topliss-reactive ketones (excluding diaryl/α,β-unsaturated/α-hetero) is 1. The molecule has 0 fully saturated rings. The molecule has 0 bridgehead atoms. The van der Waals surface area contributed by atoms with Crippen LogP contribution < -0.4 is 14.8 Å². The summed E-state index contributed by atoms with van der Waals surface area (Å²) in [6.45, 7) is 1.63. The summed E-state index contributed by atoms with van der Waals surface area (Å²) in [6, 6.07) is 11.5. The van der Waals surface area contributed by atoms with Gasteiger partial charge in [0.05, 0.1) is 26.4 Å². The van der Waals surface area contributed by atoms with Gasteiger partial charge in [0.25, 0.3) is 0 Å². The molecular formula is C27H29NO8S. The van der Waals surface area contributed by atoms with Crippen molar-refractivity contribution in [3.63, 3.8) is 0 Å². The Kier molecular flexibility index (Phi) is 7.31. The summed E-state index contributed by atoms with van der Waals surface area (Å²) >= 11 is 0. The first kappa shape index (κ1) is 26.3. The average Bonchev–Trinajstić information content (AvgIpc) is 2.86. The molecule has 9 nitrogen and oxygen atoms in total. The highest BCUT2D eigenvalue weighted by atomic mass is 32.2. The number of carbonyl (C=O) groups excluding carboxylic acids is 2. The summed E-state index contributed by atoms with van der Waals surface area (Å²) in [5.41, 5.74) is 1.77. The van der Waals surface area contributed by atoms with Crippen LogP contribution in [-0.2, 0) is 24.2 Å². The molecule has 2 aromatic rings. The number of dihydropyridines is 1. The standard InChI is InChI=1S/C27H29NO8S/c1-5-36-27(31)25-23(16-7-6-8-18(29)11-16)24-19(28-26(25)37(4,32)33)12-17(13-20(24)30)15-9-10-21(34-2)22(14-15)35-3/h6-11,14,17,23,28-29H,5,12-13H2,1-4H3. The lowest BCUT2D eigenvalue weighted by Gasteiger charge is -2.36. The molecular weight excluding hydrogens is 498 g/mol. The van der Waals surface area contributed by atoms with Crippen molar-refractivity contribution in [3.8, 4) is 17.2 Å². The molecule has 2 aromatic carbocycles. The van der Waals surface area contributed by atoms with Crippen molar-refractivity contribution in [2.75, 3.05) is 27.1 Å². The van der Waals surface area contributed by atoms with Crippen molar-refractivity contribution in [3.05, 3.63) is 75.5 Å². The second-order valence-corrected chi connectivity index (χ2v) is 10.9. The first-order valence-corrected chi connectivity index (χ1v) is 13.6. The number of phenolic OH excluding ortho intramolecular Hbond substituents is 1. The van der Waals surface area contributed by atoms with Gasteiger partial charge in [-0.1, -0.05) is 18.2 Å². The number of nitrogens with one attached hydrogen (secondary N) is 1. The number of hydrogen-bond acceptors (Lipinski definition) is 9. The maximum atomic E-state index is 13.7. The third-order valence-corrected chi connectivity index (χ3v) is 7.61. The number of ether oxygens (including phenoxy) is 3. The van der Waals surface area contributed by atoms with Crippen LogP contribution in [0.4, 0.5) is 0 Å². The van der Waals surface area contributed by atoms with Crippen molar-refractivity contribution in [2.24, 2.45) is 0 Å². The number of carbonyl (C=O) groups is 2. The number of hydrogen-bond donors (Lipinski definition) is 2. The fraction of sp³-hybridized carbons (Fsp3) is 0.333. The van der Waals surface area contributed by atoms with Crippen LogP contribution in [0.3, 0.4) is 0 Å². The van der Waals surface area contributed by atoms with Crippen molar-refractivity contribution in [1.82, 2.24) is 5.32 Å². The van der Waals surface area contributed by atoms with Gasteiger partial charge in [0.2, 0.25) is 0 Å². The van der Waals surface area contributed by atoms with Crippen LogP contribution in [0.5, 0.6) is 17.2 Å². The summed E-state index contributed by atoms with van der Waals surface area (Å²) in [5.74, 6) is -1.38. The predicted molar refractivity (Wildman–Crippen MR) is 136 cm³/mol. The van der Waals surface area contributed by atoms with E-state index < -0.39 is 21.7 Å². The average molecular weight is 528 g/mol. The number of aromatic hydroxyl groups is 1. The Morgan fingerprint density at radius 3 is 2.41 bits per heavy atom. The van der Waals surface area contributed by atoms with Crippen LogP contribution in [0.15, 0.2) is 64.3 Å². The molecule has 1 heterocycles. The normalized spacial score (nSPS) is 19.7. The highest BCUT2D eigenvalue weighted by Crippen LogP contribution is 2.47. The highest BCUT2D eigenvalue weighted by molar-refractivity contribution is 7.94. The van der Waals surface area contributed by atoms with Gasteiger partial charge in [-0.2, -0.15) is 0 Å². The van der Waals surface area contributed by atoms with Gasteiger partial charge in [-0.3, -0.25) is 4.79 Å². The Labute approximate surface area is 215 Å². The number of methoxy groups -OCH3 is 2. The first-order valence-electron chi connectivity index (χ1n) is 11.7. The number of ketones is 1. The summed E-state index contributed by atoms with van der Waals surface area (Å²) in [4.78, 5) is 26.8. The van der Waals surface area contributed by atoms with Gasteiger partial charge in [-0.05, 0) is 54.7 Å². The maximum absolute atomic E-state index is 13.7. The third-order valence-electron chi connectivity index (χ3n) is 6.54. The first-order chi connectivity index (χ1) is 17.6. The third kappa shape index (κ3) is 5.06. The van der Waals surface area contributed by atoms with Crippen molar-refractivity contribution < 1.29 is 37.3 Å². The van der Waals surface area contributed by atoms with E-state index in [1.54, 1.807) is 31.2 Å². The lowest BCUT2D eigenvalue weighted by atomic mass is 9.72. The Morgan fingerprint density at radius 2 is 1.78 bits per heavy atom. The van der Waals surface area contributed by atoms with Gasteiger partial charge < -0.3 is 24.6 Å². The molecule has 0 radical (unpaired) electrons. The van der Waals surface area contributed by atoms with Gasteiger partial charge in [0, 0.05) is 29.9 Å². The monoisotopic (exact) mass is 527 g/mol. The lowest BCUT2D eigenvalue weighted by Crippen LogP contribution is -2.38. The Bertz CT molecular complexity index is 1420. The molecule has 0 amide bonds. The van der Waals surface area contributed by atoms with E-state index in [0.717, 1.165) is 11.8 Å². The quantitative estimate of drug-likeness (QED) is 0.521. The molecule has 0 aromatic heterocycles. The van der Waals surface area contributed by atoms with Gasteiger partial charge in [-0.15, -0.1) is 0 Å². The Balaban J connectivity index is 1.88. The molecule has 2 unspecified atom stereocenters. The smallest absolute Gasteiger partial charge is 0.337 e. The molecule has 4 rings (SSSR count). The molecule has 2 atom stereocenters. The van der Waals surface area contributed by atoms with Crippen LogP contribution >= 0.6 is 0 Å². The Hall–Kier alpha value is -3.79. The van der Waals surface area contributed by atoms with E-state index in [9.17, 15) is 23.1 Å². The molecule has 1 aliphatic carbocycles. The molecule has 37 heavy (non-hydrogen) atoms. The molecule has 196 valence electrons. The maximum Gasteiger partial charge on any atom is 0.337 e. The van der Waals surface area contributed by atoms with E-state index in [4.69, 9.17) is 14.2 Å². The zero-order valence-electron chi connectivity index (χ0n) is 21.0. The summed E-state index contributed by atoms with van der Waals surface area (Å²) < 4.78 is 41.7. The molecule has 0 spiro atoms. The highest BCUT2D eigenvalue weighted by Gasteiger charge is 2.44. The van der Waals surface area contributed by atoms with E-state index in [2.05, 4.69) is 5.32 Å². The minimum Gasteiger partial charge on any atom is -0.508 e. The molecule has 1 aliphatic heterocycles. The Morgan fingerprint density at radius 1 is 1.05 bits per heavy atom. The van der Waals surface area contributed by atoms with Gasteiger partial charge in [-0.25, -0.2) is 13.2 Å². The number of benzene rings is 2. The topological polar surface area (TPSA) is 128 Å². The number of phenols is 1. The van der Waals surface area contributed by atoms with Crippen LogP contribution in [-0.4, -0.2) is 52.4 Å². The number of allylic oxidation sites excluding steroid dienone is 2. The fourth-order valence-corrected chi connectivity index (χ4v) is 5.87. The van der Waals surface area contributed by atoms with Crippen LogP contribution in [0.1, 0.15) is 42.7 Å². The van der Waals surface area contributed by atoms with E-state index in [-0.39, 0.29) is 46.7 Å². The summed E-state index contributed by atoms with van der Waals surface area (Å²) in [6.07, 6.45) is 1.45. The van der Waals surface area contributed by atoms with Crippen molar-refractivity contribution in [2.45, 2.75) is 31.6 Å². The molecule has 0 saturated carbocycles. The van der Waals surface area contributed by atoms with E-state index in [1.807, 2.05) is 6.07 Å². The number of esters is 1. The van der Waals surface area contributed by atoms with Gasteiger partial charge >= 0.3 is 5.97 Å². The zero-order chi connectivity index (χ0) is 26.9. The molecule has 10 heteroatoms. The summed E-state index contributed by atoms with van der Waals surface area (Å²) in [5, 5.41) is 12.8. The van der Waals surface area contributed by atoms with Crippen LogP contribution in [0, 0.1) is 0 Å². The fourth-order valence-electron chi connectivity index (χ4n) is 4.96. The number of sulfone groups is 1. The second-order valence-electron chi connectivity index (χ2n) is 8.92.